The van der Waals surface area contributed by atoms with E-state index in [1.165, 1.54) is 61.6 Å². The number of thiophene rings is 2. The molecule has 0 unspecified atom stereocenters. The van der Waals surface area contributed by atoms with Crippen molar-refractivity contribution in [3.63, 3.8) is 0 Å². The van der Waals surface area contributed by atoms with Crippen LogP contribution in [0.4, 0.5) is 5.00 Å². The molecule has 0 N–H and O–H groups in total. The van der Waals surface area contributed by atoms with Gasteiger partial charge in [0.2, 0.25) is 0 Å². The minimum atomic E-state index is 0.942. The van der Waals surface area contributed by atoms with E-state index in [1.54, 1.807) is 0 Å². The minimum Gasteiger partial charge on any atom is -0.363 e. The highest BCUT2D eigenvalue weighted by atomic mass is 32.2. The number of fused-ring (bicyclic) bond motifs is 2. The number of allylic oxidation sites excluding steroid dienone is 1. The zero-order chi connectivity index (χ0) is 21.2. The number of aromatic nitrogens is 3. The first-order valence-electron chi connectivity index (χ1n) is 11.0. The standard InChI is InChI=1S/C23H26N4S4/c1-3-5-9-27(10-6-4-2)20-13-18-17(30-20)12-19(29-18)22-23-21(25-31-26-23)15(14-24-22)16-8-7-11-28-16/h8,12-14H,3-7,9-11H2,1-2H3. The maximum Gasteiger partial charge on any atom is 0.132 e. The number of anilines is 1. The molecule has 1 aliphatic rings. The lowest BCUT2D eigenvalue weighted by Gasteiger charge is -2.22. The highest BCUT2D eigenvalue weighted by Crippen LogP contribution is 2.44. The molecule has 0 aliphatic carbocycles. The van der Waals surface area contributed by atoms with Crippen LogP contribution < -0.4 is 4.90 Å². The van der Waals surface area contributed by atoms with Crippen molar-refractivity contribution in [3.05, 3.63) is 30.0 Å². The van der Waals surface area contributed by atoms with E-state index in [0.717, 1.165) is 47.6 Å². The van der Waals surface area contributed by atoms with E-state index < -0.39 is 0 Å². The monoisotopic (exact) mass is 486 g/mol. The molecule has 162 valence electrons. The van der Waals surface area contributed by atoms with Gasteiger partial charge in [-0.15, -0.1) is 34.4 Å². The molecule has 31 heavy (non-hydrogen) atoms. The van der Waals surface area contributed by atoms with Crippen molar-refractivity contribution in [1.82, 2.24) is 13.7 Å². The van der Waals surface area contributed by atoms with Crippen LogP contribution >= 0.6 is 46.2 Å². The lowest BCUT2D eigenvalue weighted by molar-refractivity contribution is 0.682. The molecule has 1 aliphatic heterocycles. The Hall–Kier alpha value is -1.48. The molecule has 8 heteroatoms. The zero-order valence-electron chi connectivity index (χ0n) is 17.9. The Balaban J connectivity index is 1.47. The Morgan fingerprint density at radius 1 is 0.968 bits per heavy atom. The topological polar surface area (TPSA) is 41.9 Å². The number of hydrogen-bond acceptors (Lipinski definition) is 8. The number of hydrogen-bond donors (Lipinski definition) is 0. The first kappa shape index (κ1) is 21.4. The molecule has 0 radical (unpaired) electrons. The molecule has 4 aromatic rings. The summed E-state index contributed by atoms with van der Waals surface area (Å²) in [4.78, 5) is 9.93. The van der Waals surface area contributed by atoms with Crippen molar-refractivity contribution >= 4 is 76.5 Å². The van der Waals surface area contributed by atoms with E-state index in [9.17, 15) is 0 Å². The molecular formula is C23H26N4S4. The van der Waals surface area contributed by atoms with E-state index in [-0.39, 0.29) is 0 Å². The summed E-state index contributed by atoms with van der Waals surface area (Å²) in [6.07, 6.45) is 10.4. The van der Waals surface area contributed by atoms with Gasteiger partial charge in [-0.3, -0.25) is 4.98 Å². The van der Waals surface area contributed by atoms with Gasteiger partial charge < -0.3 is 4.90 Å². The summed E-state index contributed by atoms with van der Waals surface area (Å²) in [5.74, 6) is 1.15. The second-order valence-electron chi connectivity index (χ2n) is 7.81. The summed E-state index contributed by atoms with van der Waals surface area (Å²) in [6, 6.07) is 4.68. The number of nitrogens with zero attached hydrogens (tertiary/aromatic N) is 4. The Kier molecular flexibility index (Phi) is 6.59. The van der Waals surface area contributed by atoms with Crippen LogP contribution in [0.3, 0.4) is 0 Å². The fraction of sp³-hybridized carbons (Fsp3) is 0.435. The van der Waals surface area contributed by atoms with E-state index in [1.807, 2.05) is 40.6 Å². The molecule has 4 nitrogen and oxygen atoms in total. The van der Waals surface area contributed by atoms with Gasteiger partial charge in [0.15, 0.2) is 0 Å². The lowest BCUT2D eigenvalue weighted by atomic mass is 10.1. The highest BCUT2D eigenvalue weighted by Gasteiger charge is 2.20. The van der Waals surface area contributed by atoms with E-state index in [2.05, 4.69) is 45.7 Å². The van der Waals surface area contributed by atoms with Crippen molar-refractivity contribution in [1.29, 1.82) is 0 Å². The fourth-order valence-electron chi connectivity index (χ4n) is 3.86. The third-order valence-corrected chi connectivity index (χ3v) is 9.59. The molecule has 0 saturated carbocycles. The summed E-state index contributed by atoms with van der Waals surface area (Å²) in [7, 11) is 0. The first-order valence-corrected chi connectivity index (χ1v) is 14.4. The molecular weight excluding hydrogens is 461 g/mol. The summed E-state index contributed by atoms with van der Waals surface area (Å²) in [6.45, 7) is 6.84. The minimum absolute atomic E-state index is 0.942. The van der Waals surface area contributed by atoms with Crippen molar-refractivity contribution in [2.24, 2.45) is 0 Å². The smallest absolute Gasteiger partial charge is 0.132 e. The highest BCUT2D eigenvalue weighted by molar-refractivity contribution is 8.08. The molecule has 0 fully saturated rings. The summed E-state index contributed by atoms with van der Waals surface area (Å²) in [5, 5.41) is 1.41. The van der Waals surface area contributed by atoms with Gasteiger partial charge in [0.05, 0.1) is 21.6 Å². The summed E-state index contributed by atoms with van der Waals surface area (Å²) < 4.78 is 12.0. The van der Waals surface area contributed by atoms with Gasteiger partial charge in [-0.05, 0) is 31.4 Å². The van der Waals surface area contributed by atoms with Crippen LogP contribution in [0.1, 0.15) is 51.5 Å². The van der Waals surface area contributed by atoms with Crippen LogP contribution in [0, 0.1) is 0 Å². The number of rotatable bonds is 9. The van der Waals surface area contributed by atoms with Gasteiger partial charge in [-0.1, -0.05) is 32.8 Å². The fourth-order valence-corrected chi connectivity index (χ4v) is 7.86. The van der Waals surface area contributed by atoms with Crippen LogP contribution in [-0.4, -0.2) is 32.6 Å². The second kappa shape index (κ2) is 9.57. The van der Waals surface area contributed by atoms with E-state index in [4.69, 9.17) is 4.98 Å². The maximum atomic E-state index is 4.86. The molecule has 0 spiro atoms. The zero-order valence-corrected chi connectivity index (χ0v) is 21.2. The van der Waals surface area contributed by atoms with E-state index >= 15 is 0 Å². The van der Waals surface area contributed by atoms with Gasteiger partial charge >= 0.3 is 0 Å². The molecule has 0 atom stereocenters. The second-order valence-corrected chi connectivity index (χ2v) is 11.6. The number of thioether (sulfide) groups is 1. The average molecular weight is 487 g/mol. The van der Waals surface area contributed by atoms with Gasteiger partial charge in [-0.25, -0.2) is 0 Å². The normalized spacial score (nSPS) is 14.1. The van der Waals surface area contributed by atoms with Gasteiger partial charge in [-0.2, -0.15) is 8.75 Å². The number of unbranched alkanes of at least 4 members (excludes halogenated alkanes) is 2. The van der Waals surface area contributed by atoms with Crippen LogP contribution in [0.15, 0.2) is 24.4 Å². The third kappa shape index (κ3) is 4.27. The van der Waals surface area contributed by atoms with Crippen LogP contribution in [0.5, 0.6) is 0 Å². The van der Waals surface area contributed by atoms with Crippen molar-refractivity contribution in [2.75, 3.05) is 23.7 Å². The molecule has 5 rings (SSSR count). The molecule has 5 heterocycles. The van der Waals surface area contributed by atoms with Gasteiger partial charge in [0.1, 0.15) is 16.7 Å². The van der Waals surface area contributed by atoms with Crippen LogP contribution in [0.2, 0.25) is 0 Å². The molecule has 4 aromatic heterocycles. The SMILES string of the molecule is CCCCN(CCCC)c1cc2sc(-c3ncc(C4=CCCS4)c4nsnc34)cc2s1. The van der Waals surface area contributed by atoms with Crippen molar-refractivity contribution in [2.45, 2.75) is 46.0 Å². The first-order chi connectivity index (χ1) is 15.3. The van der Waals surface area contributed by atoms with Crippen LogP contribution in [-0.2, 0) is 0 Å². The average Bonchev–Trinajstić information content (AvgIpc) is 3.56. The van der Waals surface area contributed by atoms with Gasteiger partial charge in [0.25, 0.3) is 0 Å². The predicted molar refractivity (Wildman–Crippen MR) is 141 cm³/mol. The Morgan fingerprint density at radius 2 is 1.74 bits per heavy atom. The van der Waals surface area contributed by atoms with Crippen molar-refractivity contribution < 1.29 is 0 Å². The Bertz CT molecular complexity index is 1180. The predicted octanol–water partition coefficient (Wildman–Crippen LogP) is 7.91. The van der Waals surface area contributed by atoms with Gasteiger partial charge in [0, 0.05) is 44.9 Å². The largest absolute Gasteiger partial charge is 0.363 e. The van der Waals surface area contributed by atoms with Crippen molar-refractivity contribution in [3.8, 4) is 10.6 Å². The number of pyridine rings is 1. The lowest BCUT2D eigenvalue weighted by Crippen LogP contribution is -2.24. The molecule has 0 amide bonds. The molecule has 0 bridgehead atoms. The summed E-state index contributed by atoms with van der Waals surface area (Å²) >= 11 is 6.93. The Morgan fingerprint density at radius 3 is 2.45 bits per heavy atom. The van der Waals surface area contributed by atoms with E-state index in [0.29, 0.717) is 0 Å². The maximum absolute atomic E-state index is 4.86. The van der Waals surface area contributed by atoms with Crippen LogP contribution in [0.25, 0.3) is 35.9 Å². The molecule has 0 saturated heterocycles. The Labute approximate surface area is 199 Å². The quantitative estimate of drug-likeness (QED) is 0.240. The molecule has 0 aromatic carbocycles. The third-order valence-electron chi connectivity index (χ3n) is 5.56. The summed E-state index contributed by atoms with van der Waals surface area (Å²) in [5.41, 5.74) is 4.05.